The van der Waals surface area contributed by atoms with Gasteiger partial charge >= 0.3 is 0 Å². The van der Waals surface area contributed by atoms with E-state index in [2.05, 4.69) is 0 Å². The minimum atomic E-state index is -1.95. The number of hydrogen-bond acceptors (Lipinski definition) is 6. The summed E-state index contributed by atoms with van der Waals surface area (Å²) >= 11 is 5.92. The molecule has 34 heavy (non-hydrogen) atoms. The first kappa shape index (κ1) is 20.5. The van der Waals surface area contributed by atoms with Crippen LogP contribution in [0.25, 0.3) is 0 Å². The van der Waals surface area contributed by atoms with Crippen molar-refractivity contribution in [3.8, 4) is 0 Å². The average molecular weight is 476 g/mol. The van der Waals surface area contributed by atoms with Crippen LogP contribution in [0, 0.1) is 32.1 Å². The molecule has 9 nitrogen and oxygen atoms in total. The fraction of sp³-hybridized carbons (Fsp3) is 0.167. The van der Waals surface area contributed by atoms with E-state index in [1.807, 2.05) is 0 Å². The minimum Gasteiger partial charge on any atom is -0.274 e. The lowest BCUT2D eigenvalue weighted by molar-refractivity contribution is -0.578. The van der Waals surface area contributed by atoms with Gasteiger partial charge in [0.05, 0.1) is 16.5 Å². The topological polar surface area (TPSA) is 124 Å². The molecule has 0 saturated carbocycles. The molecule has 0 radical (unpaired) electrons. The van der Waals surface area contributed by atoms with Gasteiger partial charge in [-0.2, -0.15) is 0 Å². The number of rotatable bonds is 3. The molecule has 1 fully saturated rings. The molecule has 2 amide bonds. The smallest absolute Gasteiger partial charge is 0.274 e. The number of amides is 2. The van der Waals surface area contributed by atoms with E-state index in [4.69, 9.17) is 11.6 Å². The number of carbonyl (C=O) groups excluding carboxylic acids is 2. The largest absolute Gasteiger partial charge is 0.289 e. The number of carbonyl (C=O) groups is 2. The predicted octanol–water partition coefficient (Wildman–Crippen LogP) is 4.03. The molecule has 3 aromatic rings. The molecule has 7 rings (SSSR count). The first-order chi connectivity index (χ1) is 16.3. The molecule has 4 aliphatic rings. The fourth-order valence-electron chi connectivity index (χ4n) is 6.08. The Hall–Kier alpha value is -4.11. The van der Waals surface area contributed by atoms with E-state index in [0.29, 0.717) is 22.3 Å². The Labute approximate surface area is 196 Å². The zero-order chi connectivity index (χ0) is 23.9. The summed E-state index contributed by atoms with van der Waals surface area (Å²) in [7, 11) is 0. The van der Waals surface area contributed by atoms with E-state index in [-0.39, 0.29) is 10.7 Å². The Bertz CT molecular complexity index is 1420. The summed E-state index contributed by atoms with van der Waals surface area (Å²) in [4.78, 5) is 51.6. The van der Waals surface area contributed by atoms with Gasteiger partial charge in [-0.3, -0.25) is 29.8 Å². The molecule has 0 spiro atoms. The number of anilines is 1. The van der Waals surface area contributed by atoms with E-state index in [0.717, 1.165) is 11.0 Å². The zero-order valence-corrected chi connectivity index (χ0v) is 18.0. The number of nitro benzene ring substituents is 1. The molecule has 1 saturated heterocycles. The second-order valence-corrected chi connectivity index (χ2v) is 8.99. The molecular weight excluding hydrogens is 462 g/mol. The van der Waals surface area contributed by atoms with Crippen LogP contribution in [0.15, 0.2) is 66.7 Å². The summed E-state index contributed by atoms with van der Waals surface area (Å²) in [5, 5.41) is 24.2. The number of hydrogen-bond donors (Lipinski definition) is 0. The normalized spacial score (nSPS) is 26.1. The first-order valence-corrected chi connectivity index (χ1v) is 10.8. The van der Waals surface area contributed by atoms with Crippen LogP contribution in [-0.2, 0) is 15.1 Å². The second-order valence-electron chi connectivity index (χ2n) is 8.58. The number of halogens is 1. The molecule has 2 atom stereocenters. The molecule has 3 aromatic carbocycles. The number of benzene rings is 3. The van der Waals surface area contributed by atoms with Crippen LogP contribution in [0.5, 0.6) is 0 Å². The summed E-state index contributed by atoms with van der Waals surface area (Å²) in [5.41, 5.74) is -0.370. The monoisotopic (exact) mass is 475 g/mol. The van der Waals surface area contributed by atoms with Gasteiger partial charge in [-0.25, -0.2) is 4.90 Å². The van der Waals surface area contributed by atoms with Gasteiger partial charge in [0.1, 0.15) is 10.9 Å². The minimum absolute atomic E-state index is 0.0356. The van der Waals surface area contributed by atoms with Crippen LogP contribution in [-0.4, -0.2) is 21.7 Å². The van der Waals surface area contributed by atoms with E-state index < -0.39 is 50.6 Å². The molecule has 168 valence electrons. The average Bonchev–Trinajstić information content (AvgIpc) is 3.10. The van der Waals surface area contributed by atoms with E-state index in [9.17, 15) is 29.8 Å². The Balaban J connectivity index is 1.63. The molecule has 10 heteroatoms. The molecular formula is C24H14ClN3O6. The number of nitrogens with zero attached hydrogens (tertiary/aromatic N) is 3. The third kappa shape index (κ3) is 2.24. The van der Waals surface area contributed by atoms with Gasteiger partial charge in [0.25, 0.3) is 11.2 Å². The maximum Gasteiger partial charge on any atom is 0.289 e. The third-order valence-corrected chi connectivity index (χ3v) is 7.57. The van der Waals surface area contributed by atoms with Crippen molar-refractivity contribution in [1.29, 1.82) is 0 Å². The zero-order valence-electron chi connectivity index (χ0n) is 17.3. The van der Waals surface area contributed by atoms with Gasteiger partial charge in [-0.15, -0.1) is 0 Å². The summed E-state index contributed by atoms with van der Waals surface area (Å²) in [6, 6.07) is 17.3. The van der Waals surface area contributed by atoms with Crippen molar-refractivity contribution in [3.05, 3.63) is 114 Å². The second kappa shape index (κ2) is 6.71. The molecule has 0 unspecified atom stereocenters. The Morgan fingerprint density at radius 3 is 2.00 bits per heavy atom. The highest BCUT2D eigenvalue weighted by Gasteiger charge is 2.74. The van der Waals surface area contributed by atoms with Gasteiger partial charge < -0.3 is 0 Å². The van der Waals surface area contributed by atoms with Crippen LogP contribution in [0.2, 0.25) is 5.02 Å². The van der Waals surface area contributed by atoms with E-state index in [1.54, 1.807) is 48.5 Å². The molecule has 1 aliphatic heterocycles. The first-order valence-electron chi connectivity index (χ1n) is 10.4. The molecule has 3 aliphatic carbocycles. The quantitative estimate of drug-likeness (QED) is 0.320. The van der Waals surface area contributed by atoms with Crippen LogP contribution in [0.1, 0.15) is 28.2 Å². The highest BCUT2D eigenvalue weighted by atomic mass is 35.5. The van der Waals surface area contributed by atoms with Crippen LogP contribution < -0.4 is 4.90 Å². The SMILES string of the molecule is O=C1[C@@H]2C3c4ccccc4C([N+](=O)[O-])(c4ccccc43)[C@H]2C(=O)N1c1ccc(Cl)c([N+](=O)[O-])c1. The highest BCUT2D eigenvalue weighted by molar-refractivity contribution is 6.33. The van der Waals surface area contributed by atoms with Gasteiger partial charge in [0.2, 0.25) is 11.8 Å². The van der Waals surface area contributed by atoms with Crippen molar-refractivity contribution in [2.24, 2.45) is 11.8 Å². The van der Waals surface area contributed by atoms with Crippen molar-refractivity contribution in [1.82, 2.24) is 0 Å². The Morgan fingerprint density at radius 2 is 1.44 bits per heavy atom. The van der Waals surface area contributed by atoms with Crippen LogP contribution in [0.4, 0.5) is 11.4 Å². The maximum absolute atomic E-state index is 13.8. The molecule has 0 aromatic heterocycles. The fourth-order valence-corrected chi connectivity index (χ4v) is 6.26. The van der Waals surface area contributed by atoms with Crippen molar-refractivity contribution in [3.63, 3.8) is 0 Å². The summed E-state index contributed by atoms with van der Waals surface area (Å²) in [6.45, 7) is 0. The van der Waals surface area contributed by atoms with Gasteiger partial charge in [-0.05, 0) is 23.3 Å². The summed E-state index contributed by atoms with van der Waals surface area (Å²) in [5.74, 6) is -4.23. The van der Waals surface area contributed by atoms with E-state index in [1.165, 1.54) is 12.1 Å². The molecule has 0 N–H and O–H groups in total. The lowest BCUT2D eigenvalue weighted by Crippen LogP contribution is -2.57. The predicted molar refractivity (Wildman–Crippen MR) is 120 cm³/mol. The van der Waals surface area contributed by atoms with Crippen molar-refractivity contribution < 1.29 is 19.4 Å². The summed E-state index contributed by atoms with van der Waals surface area (Å²) < 4.78 is 0. The van der Waals surface area contributed by atoms with E-state index >= 15 is 0 Å². The summed E-state index contributed by atoms with van der Waals surface area (Å²) in [6.07, 6.45) is 0. The third-order valence-electron chi connectivity index (χ3n) is 7.25. The van der Waals surface area contributed by atoms with Gasteiger partial charge in [-0.1, -0.05) is 60.1 Å². The number of imide groups is 1. The maximum atomic E-state index is 13.8. The highest BCUT2D eigenvalue weighted by Crippen LogP contribution is 2.64. The number of nitro groups is 2. The van der Waals surface area contributed by atoms with Crippen LogP contribution >= 0.6 is 11.6 Å². The standard InChI is InChI=1S/C24H14ClN3O6/c25-17-10-9-12(11-18(17)27(31)32)26-22(29)20-19-13-5-1-3-7-15(13)24(28(33)34,21(20)23(26)30)16-8-4-2-6-14(16)19/h1-11,19-21H/t19?,20-,21-,24?/m1/s1. The van der Waals surface area contributed by atoms with Crippen molar-refractivity contribution in [2.75, 3.05) is 4.90 Å². The lowest BCUT2D eigenvalue weighted by Gasteiger charge is -2.48. The van der Waals surface area contributed by atoms with Gasteiger partial charge in [0.15, 0.2) is 0 Å². The molecule has 2 bridgehead atoms. The molecule has 1 heterocycles. The lowest BCUT2D eigenvalue weighted by atomic mass is 9.51. The Morgan fingerprint density at radius 1 is 0.853 bits per heavy atom. The Kier molecular flexibility index (Phi) is 4.04. The van der Waals surface area contributed by atoms with Gasteiger partial charge in [0, 0.05) is 28.0 Å². The van der Waals surface area contributed by atoms with Crippen molar-refractivity contribution in [2.45, 2.75) is 11.5 Å². The van der Waals surface area contributed by atoms with Crippen molar-refractivity contribution >= 4 is 34.8 Å². The van der Waals surface area contributed by atoms with Crippen LogP contribution in [0.3, 0.4) is 0 Å².